The largest absolute Gasteiger partial charge is 0.293 e. The first-order valence-electron chi connectivity index (χ1n) is 8.30. The molecule has 0 unspecified atom stereocenters. The lowest BCUT2D eigenvalue weighted by molar-refractivity contribution is 0.217. The Bertz CT molecular complexity index is 925. The SMILES string of the molecule is Cc1cnn(C[C@H]2CCCN2Cc2cc(=O)n3c(C)csc3n2)c1. The van der Waals surface area contributed by atoms with E-state index in [-0.39, 0.29) is 5.56 Å². The molecule has 0 saturated carbocycles. The van der Waals surface area contributed by atoms with E-state index in [2.05, 4.69) is 28.1 Å². The third-order valence-electron chi connectivity index (χ3n) is 4.65. The Hall–Kier alpha value is -1.99. The van der Waals surface area contributed by atoms with E-state index in [9.17, 15) is 4.79 Å². The Morgan fingerprint density at radius 3 is 3.04 bits per heavy atom. The molecule has 0 spiro atoms. The summed E-state index contributed by atoms with van der Waals surface area (Å²) in [5.74, 6) is 0. The van der Waals surface area contributed by atoms with Gasteiger partial charge in [0.15, 0.2) is 4.96 Å². The molecule has 1 fully saturated rings. The van der Waals surface area contributed by atoms with Crippen molar-refractivity contribution in [2.24, 2.45) is 0 Å². The summed E-state index contributed by atoms with van der Waals surface area (Å²) in [5, 5.41) is 6.38. The molecule has 0 N–H and O–H groups in total. The second-order valence-electron chi connectivity index (χ2n) is 6.59. The molecule has 0 bridgehead atoms. The van der Waals surface area contributed by atoms with Gasteiger partial charge in [-0.1, -0.05) is 0 Å². The van der Waals surface area contributed by atoms with E-state index in [0.29, 0.717) is 6.04 Å². The lowest BCUT2D eigenvalue weighted by Crippen LogP contribution is -2.33. The molecule has 1 saturated heterocycles. The van der Waals surface area contributed by atoms with E-state index >= 15 is 0 Å². The molecule has 0 aromatic carbocycles. The molecule has 0 aliphatic carbocycles. The average Bonchev–Trinajstić information content (AvgIpc) is 3.23. The zero-order valence-electron chi connectivity index (χ0n) is 14.0. The van der Waals surface area contributed by atoms with Gasteiger partial charge in [0, 0.05) is 35.9 Å². The summed E-state index contributed by atoms with van der Waals surface area (Å²) in [4.78, 5) is 20.2. The molecule has 126 valence electrons. The third kappa shape index (κ3) is 2.89. The second-order valence-corrected chi connectivity index (χ2v) is 7.42. The van der Waals surface area contributed by atoms with Crippen molar-refractivity contribution in [3.63, 3.8) is 0 Å². The fraction of sp³-hybridized carbons (Fsp3) is 0.471. The first kappa shape index (κ1) is 15.5. The van der Waals surface area contributed by atoms with Gasteiger partial charge in [-0.3, -0.25) is 18.8 Å². The Morgan fingerprint density at radius 1 is 1.38 bits per heavy atom. The van der Waals surface area contributed by atoms with Crippen LogP contribution in [-0.2, 0) is 13.1 Å². The number of aryl methyl sites for hydroxylation is 2. The van der Waals surface area contributed by atoms with Crippen molar-refractivity contribution in [3.05, 3.63) is 51.1 Å². The van der Waals surface area contributed by atoms with Crippen molar-refractivity contribution in [1.82, 2.24) is 24.1 Å². The molecule has 3 aromatic rings. The molecular formula is C17H21N5OS. The van der Waals surface area contributed by atoms with Gasteiger partial charge in [0.1, 0.15) is 0 Å². The number of nitrogens with zero attached hydrogens (tertiary/aromatic N) is 5. The first-order chi connectivity index (χ1) is 11.6. The second kappa shape index (κ2) is 6.14. The van der Waals surface area contributed by atoms with Crippen LogP contribution in [0.1, 0.15) is 29.8 Å². The van der Waals surface area contributed by atoms with Crippen molar-refractivity contribution >= 4 is 16.3 Å². The third-order valence-corrected chi connectivity index (χ3v) is 5.60. The molecule has 7 heteroatoms. The topological polar surface area (TPSA) is 55.4 Å². The van der Waals surface area contributed by atoms with Gasteiger partial charge in [0.2, 0.25) is 0 Å². The maximum atomic E-state index is 12.3. The van der Waals surface area contributed by atoms with Crippen LogP contribution in [0.3, 0.4) is 0 Å². The summed E-state index contributed by atoms with van der Waals surface area (Å²) in [6.45, 7) is 6.68. The smallest absolute Gasteiger partial charge is 0.259 e. The maximum absolute atomic E-state index is 12.3. The summed E-state index contributed by atoms with van der Waals surface area (Å²) in [6, 6.07) is 2.13. The summed E-state index contributed by atoms with van der Waals surface area (Å²) < 4.78 is 3.70. The minimum Gasteiger partial charge on any atom is -0.293 e. The van der Waals surface area contributed by atoms with Crippen molar-refractivity contribution in [2.75, 3.05) is 6.54 Å². The molecule has 0 amide bonds. The van der Waals surface area contributed by atoms with Gasteiger partial charge in [-0.05, 0) is 38.8 Å². The van der Waals surface area contributed by atoms with Crippen molar-refractivity contribution < 1.29 is 0 Å². The zero-order valence-corrected chi connectivity index (χ0v) is 14.8. The van der Waals surface area contributed by atoms with Crippen LogP contribution in [-0.4, -0.2) is 36.7 Å². The van der Waals surface area contributed by atoms with Crippen LogP contribution in [0, 0.1) is 13.8 Å². The number of hydrogen-bond donors (Lipinski definition) is 0. The van der Waals surface area contributed by atoms with Gasteiger partial charge in [0.05, 0.1) is 18.4 Å². The molecule has 24 heavy (non-hydrogen) atoms. The normalized spacial score (nSPS) is 18.7. The van der Waals surface area contributed by atoms with Gasteiger partial charge in [-0.15, -0.1) is 11.3 Å². The number of rotatable bonds is 4. The van der Waals surface area contributed by atoms with E-state index in [1.807, 2.05) is 23.2 Å². The highest BCUT2D eigenvalue weighted by atomic mass is 32.1. The highest BCUT2D eigenvalue weighted by molar-refractivity contribution is 7.15. The fourth-order valence-electron chi connectivity index (χ4n) is 3.48. The Kier molecular flexibility index (Phi) is 3.97. The fourth-order valence-corrected chi connectivity index (χ4v) is 4.37. The molecule has 1 atom stereocenters. The van der Waals surface area contributed by atoms with E-state index in [0.717, 1.165) is 42.4 Å². The standard InChI is InChI=1S/C17H21N5OS/c1-12-7-18-21(8-12)10-15-4-3-5-20(15)9-14-6-16(23)22-13(2)11-24-17(22)19-14/h6-8,11,15H,3-5,9-10H2,1-2H3/t15-/m1/s1. The highest BCUT2D eigenvalue weighted by Gasteiger charge is 2.25. The van der Waals surface area contributed by atoms with Crippen molar-refractivity contribution in [3.8, 4) is 0 Å². The molecule has 1 aliphatic heterocycles. The summed E-state index contributed by atoms with van der Waals surface area (Å²) >= 11 is 1.53. The van der Waals surface area contributed by atoms with Gasteiger partial charge >= 0.3 is 0 Å². The summed E-state index contributed by atoms with van der Waals surface area (Å²) in [6.07, 6.45) is 6.33. The predicted molar refractivity (Wildman–Crippen MR) is 94.5 cm³/mol. The van der Waals surface area contributed by atoms with E-state index < -0.39 is 0 Å². The van der Waals surface area contributed by atoms with E-state index in [4.69, 9.17) is 0 Å². The average molecular weight is 343 g/mol. The van der Waals surface area contributed by atoms with E-state index in [1.165, 1.54) is 23.3 Å². The number of likely N-dealkylation sites (tertiary alicyclic amines) is 1. The Balaban J connectivity index is 1.54. The molecule has 6 nitrogen and oxygen atoms in total. The van der Waals surface area contributed by atoms with Crippen LogP contribution in [0.4, 0.5) is 0 Å². The number of aromatic nitrogens is 4. The van der Waals surface area contributed by atoms with Crippen LogP contribution in [0.2, 0.25) is 0 Å². The molecule has 1 aliphatic rings. The van der Waals surface area contributed by atoms with Gasteiger partial charge < -0.3 is 0 Å². The lowest BCUT2D eigenvalue weighted by Gasteiger charge is -2.24. The quantitative estimate of drug-likeness (QED) is 0.729. The van der Waals surface area contributed by atoms with Crippen molar-refractivity contribution in [2.45, 2.75) is 45.8 Å². The monoisotopic (exact) mass is 343 g/mol. The van der Waals surface area contributed by atoms with Crippen LogP contribution in [0.5, 0.6) is 0 Å². The molecule has 4 rings (SSSR count). The van der Waals surface area contributed by atoms with Gasteiger partial charge in [-0.2, -0.15) is 5.10 Å². The van der Waals surface area contributed by atoms with Crippen molar-refractivity contribution in [1.29, 1.82) is 0 Å². The zero-order chi connectivity index (χ0) is 16.7. The van der Waals surface area contributed by atoms with Crippen LogP contribution >= 0.6 is 11.3 Å². The van der Waals surface area contributed by atoms with Crippen LogP contribution < -0.4 is 5.56 Å². The van der Waals surface area contributed by atoms with E-state index in [1.54, 1.807) is 10.5 Å². The summed E-state index contributed by atoms with van der Waals surface area (Å²) in [5.41, 5.74) is 3.03. The molecule has 3 aromatic heterocycles. The summed E-state index contributed by atoms with van der Waals surface area (Å²) in [7, 11) is 0. The maximum Gasteiger partial charge on any atom is 0.259 e. The molecule has 0 radical (unpaired) electrons. The minimum atomic E-state index is 0.0206. The number of fused-ring (bicyclic) bond motifs is 1. The number of hydrogen-bond acceptors (Lipinski definition) is 5. The van der Waals surface area contributed by atoms with Gasteiger partial charge in [0.25, 0.3) is 5.56 Å². The Labute approximate surface area is 144 Å². The minimum absolute atomic E-state index is 0.0206. The first-order valence-corrected chi connectivity index (χ1v) is 9.18. The van der Waals surface area contributed by atoms with Gasteiger partial charge in [-0.25, -0.2) is 4.98 Å². The lowest BCUT2D eigenvalue weighted by atomic mass is 10.2. The number of thiazole rings is 1. The Morgan fingerprint density at radius 2 is 2.25 bits per heavy atom. The van der Waals surface area contributed by atoms with Crippen LogP contribution in [0.25, 0.3) is 4.96 Å². The van der Waals surface area contributed by atoms with Crippen LogP contribution in [0.15, 0.2) is 28.6 Å². The molecule has 4 heterocycles. The highest BCUT2D eigenvalue weighted by Crippen LogP contribution is 2.21. The molecular weight excluding hydrogens is 322 g/mol. The predicted octanol–water partition coefficient (Wildman–Crippen LogP) is 2.23.